The zero-order valence-electron chi connectivity index (χ0n) is 13.5. The Morgan fingerprint density at radius 2 is 1.70 bits per heavy atom. The van der Waals surface area contributed by atoms with Gasteiger partial charge in [0, 0.05) is 0 Å². The third kappa shape index (κ3) is 4.50. The van der Waals surface area contributed by atoms with Crippen molar-refractivity contribution in [1.29, 1.82) is 10.5 Å². The number of rotatable bonds is 4. The van der Waals surface area contributed by atoms with E-state index in [0.29, 0.717) is 5.56 Å². The first kappa shape index (κ1) is 19.7. The van der Waals surface area contributed by atoms with Gasteiger partial charge < -0.3 is 4.74 Å². The summed E-state index contributed by atoms with van der Waals surface area (Å²) in [5.41, 5.74) is 0.898. The van der Waals surface area contributed by atoms with Crippen LogP contribution in [0, 0.1) is 41.2 Å². The summed E-state index contributed by atoms with van der Waals surface area (Å²) in [7, 11) is 0. The van der Waals surface area contributed by atoms with Gasteiger partial charge in [0.2, 0.25) is 5.71 Å². The van der Waals surface area contributed by atoms with Gasteiger partial charge in [0.05, 0.1) is 5.56 Å². The average Bonchev–Trinajstić information content (AvgIpc) is 2.59. The van der Waals surface area contributed by atoms with Crippen LogP contribution < -0.4 is 10.2 Å². The maximum atomic E-state index is 14.0. The Hall–Kier alpha value is -3.66. The van der Waals surface area contributed by atoms with Crippen LogP contribution in [0.1, 0.15) is 11.1 Å². The third-order valence-corrected chi connectivity index (χ3v) is 3.26. The van der Waals surface area contributed by atoms with Gasteiger partial charge in [-0.2, -0.15) is 28.8 Å². The largest absolute Gasteiger partial charge is 0.449 e. The van der Waals surface area contributed by atoms with E-state index in [2.05, 4.69) is 10.5 Å². The second-order valence-electron chi connectivity index (χ2n) is 5.11. The lowest BCUT2D eigenvalue weighted by molar-refractivity contribution is -0.138. The molecule has 5 nitrogen and oxygen atoms in total. The monoisotopic (exact) mass is 380 g/mol. The van der Waals surface area contributed by atoms with E-state index in [-0.39, 0.29) is 23.6 Å². The van der Waals surface area contributed by atoms with Gasteiger partial charge >= 0.3 is 6.18 Å². The Kier molecular flexibility index (Phi) is 5.61. The van der Waals surface area contributed by atoms with E-state index in [4.69, 9.17) is 15.3 Å². The summed E-state index contributed by atoms with van der Waals surface area (Å²) in [5, 5.41) is 20.9. The first-order chi connectivity index (χ1) is 12.7. The normalized spacial score (nSPS) is 10.5. The summed E-state index contributed by atoms with van der Waals surface area (Å²) in [5.74, 6) is -4.31. The molecule has 0 atom stereocenters. The number of aryl methyl sites for hydroxylation is 1. The Bertz CT molecular complexity index is 947. The second-order valence-corrected chi connectivity index (χ2v) is 5.11. The number of nitriles is 2. The highest BCUT2D eigenvalue weighted by atomic mass is 19.4. The molecule has 0 amide bonds. The van der Waals surface area contributed by atoms with Crippen molar-refractivity contribution in [3.63, 3.8) is 0 Å². The summed E-state index contributed by atoms with van der Waals surface area (Å²) in [4.78, 5) is 0. The van der Waals surface area contributed by atoms with Crippen LogP contribution in [-0.2, 0) is 6.18 Å². The molecule has 2 aromatic rings. The molecule has 0 bridgehead atoms. The Morgan fingerprint density at radius 3 is 2.22 bits per heavy atom. The lowest BCUT2D eigenvalue weighted by Crippen LogP contribution is -2.07. The van der Waals surface area contributed by atoms with E-state index in [9.17, 15) is 22.0 Å². The molecule has 10 heteroatoms. The van der Waals surface area contributed by atoms with Crippen LogP contribution in [0.2, 0.25) is 0 Å². The van der Waals surface area contributed by atoms with Crippen LogP contribution in [0.3, 0.4) is 0 Å². The minimum atomic E-state index is -4.92. The van der Waals surface area contributed by atoms with E-state index in [1.54, 1.807) is 13.0 Å². The van der Waals surface area contributed by atoms with Crippen molar-refractivity contribution < 1.29 is 26.7 Å². The number of ether oxygens (including phenoxy) is 1. The van der Waals surface area contributed by atoms with Crippen molar-refractivity contribution in [2.24, 2.45) is 5.10 Å². The maximum absolute atomic E-state index is 14.0. The molecule has 1 N–H and O–H groups in total. The van der Waals surface area contributed by atoms with E-state index in [1.807, 2.05) is 0 Å². The van der Waals surface area contributed by atoms with Crippen molar-refractivity contribution in [3.8, 4) is 23.6 Å². The molecule has 0 unspecified atom stereocenters. The third-order valence-electron chi connectivity index (χ3n) is 3.26. The lowest BCUT2D eigenvalue weighted by Gasteiger charge is -2.15. The van der Waals surface area contributed by atoms with Crippen molar-refractivity contribution >= 4 is 11.4 Å². The quantitative estimate of drug-likeness (QED) is 0.465. The molecular weight excluding hydrogens is 371 g/mol. The number of hydrogen-bond acceptors (Lipinski definition) is 5. The number of hydrazone groups is 1. The number of alkyl halides is 3. The molecule has 2 rings (SSSR count). The zero-order valence-corrected chi connectivity index (χ0v) is 13.5. The smallest absolute Gasteiger partial charge is 0.416 e. The highest BCUT2D eigenvalue weighted by Crippen LogP contribution is 2.38. The minimum absolute atomic E-state index is 0.0687. The summed E-state index contributed by atoms with van der Waals surface area (Å²) in [6.07, 6.45) is -4.92. The zero-order chi connectivity index (χ0) is 20.2. The van der Waals surface area contributed by atoms with Crippen LogP contribution in [0.25, 0.3) is 0 Å². The van der Waals surface area contributed by atoms with Crippen LogP contribution >= 0.6 is 0 Å². The second kappa shape index (κ2) is 7.70. The number of anilines is 1. The van der Waals surface area contributed by atoms with Gasteiger partial charge in [-0.3, -0.25) is 5.43 Å². The Balaban J connectivity index is 2.45. The molecule has 0 spiro atoms. The van der Waals surface area contributed by atoms with Crippen LogP contribution in [0.4, 0.5) is 27.6 Å². The van der Waals surface area contributed by atoms with Gasteiger partial charge in [0.15, 0.2) is 23.1 Å². The van der Waals surface area contributed by atoms with Gasteiger partial charge in [-0.15, -0.1) is 0 Å². The fourth-order valence-corrected chi connectivity index (χ4v) is 1.99. The molecule has 0 aliphatic heterocycles. The van der Waals surface area contributed by atoms with E-state index in [1.165, 1.54) is 24.3 Å². The summed E-state index contributed by atoms with van der Waals surface area (Å²) in [6.45, 7) is 1.57. The number of para-hydroxylation sites is 1. The van der Waals surface area contributed by atoms with E-state index < -0.39 is 34.8 Å². The van der Waals surface area contributed by atoms with Gasteiger partial charge in [0.1, 0.15) is 17.8 Å². The van der Waals surface area contributed by atoms with E-state index >= 15 is 0 Å². The SMILES string of the molecule is Cc1cccc(Oc2c(F)cc(C(F)(F)F)cc2F)c1NN=C(C#N)C#N. The molecule has 0 aliphatic rings. The molecule has 0 heterocycles. The minimum Gasteiger partial charge on any atom is -0.449 e. The Morgan fingerprint density at radius 1 is 1.11 bits per heavy atom. The molecule has 27 heavy (non-hydrogen) atoms. The number of nitrogens with one attached hydrogen (secondary N) is 1. The molecule has 0 saturated carbocycles. The number of halogens is 5. The van der Waals surface area contributed by atoms with Crippen molar-refractivity contribution in [2.75, 3.05) is 5.43 Å². The van der Waals surface area contributed by atoms with Crippen LogP contribution in [-0.4, -0.2) is 5.71 Å². The molecular formula is C17H9F5N4O. The lowest BCUT2D eigenvalue weighted by atomic mass is 10.1. The standard InChI is InChI=1S/C17H9F5N4O/c1-9-3-2-4-14(15(9)26-25-11(7-23)8-24)27-16-12(18)5-10(6-13(16)19)17(20,21)22/h2-6,26H,1H3. The summed E-state index contributed by atoms with van der Waals surface area (Å²) < 4.78 is 70.9. The number of benzene rings is 2. The van der Waals surface area contributed by atoms with Crippen LogP contribution in [0.15, 0.2) is 35.4 Å². The fourth-order valence-electron chi connectivity index (χ4n) is 1.99. The van der Waals surface area contributed by atoms with E-state index in [0.717, 1.165) is 0 Å². The van der Waals surface area contributed by atoms with Crippen molar-refractivity contribution in [3.05, 3.63) is 53.1 Å². The van der Waals surface area contributed by atoms with Crippen molar-refractivity contribution in [2.45, 2.75) is 13.1 Å². The highest BCUT2D eigenvalue weighted by molar-refractivity contribution is 6.10. The molecule has 0 fully saturated rings. The maximum Gasteiger partial charge on any atom is 0.416 e. The summed E-state index contributed by atoms with van der Waals surface area (Å²) >= 11 is 0. The fraction of sp³-hybridized carbons (Fsp3) is 0.118. The topological polar surface area (TPSA) is 81.2 Å². The molecule has 138 valence electrons. The van der Waals surface area contributed by atoms with Crippen molar-refractivity contribution in [1.82, 2.24) is 0 Å². The predicted molar refractivity (Wildman–Crippen MR) is 84.9 cm³/mol. The molecule has 0 aliphatic carbocycles. The Labute approximate surface area is 149 Å². The van der Waals surface area contributed by atoms with Gasteiger partial charge in [-0.05, 0) is 30.7 Å². The van der Waals surface area contributed by atoms with Gasteiger partial charge in [0.25, 0.3) is 0 Å². The predicted octanol–water partition coefficient (Wildman–Crippen LogP) is 4.90. The first-order valence-corrected chi connectivity index (χ1v) is 7.15. The first-order valence-electron chi connectivity index (χ1n) is 7.15. The number of nitrogens with zero attached hydrogens (tertiary/aromatic N) is 3. The van der Waals surface area contributed by atoms with Gasteiger partial charge in [-0.1, -0.05) is 12.1 Å². The summed E-state index contributed by atoms with van der Waals surface area (Å²) in [6, 6.07) is 7.56. The van der Waals surface area contributed by atoms with Crippen LogP contribution in [0.5, 0.6) is 11.5 Å². The molecule has 0 saturated heterocycles. The number of hydrogen-bond donors (Lipinski definition) is 1. The molecule has 0 aromatic heterocycles. The average molecular weight is 380 g/mol. The molecule has 0 radical (unpaired) electrons. The van der Waals surface area contributed by atoms with Gasteiger partial charge in [-0.25, -0.2) is 8.78 Å². The molecule has 2 aromatic carbocycles. The highest BCUT2D eigenvalue weighted by Gasteiger charge is 2.33.